The lowest BCUT2D eigenvalue weighted by atomic mass is 10.0. The molecule has 2 amide bonds. The summed E-state index contributed by atoms with van der Waals surface area (Å²) in [7, 11) is 0. The van der Waals surface area contributed by atoms with Crippen molar-refractivity contribution in [2.45, 2.75) is 38.5 Å². The Kier molecular flexibility index (Phi) is 7.43. The number of benzene rings is 1. The second-order valence-corrected chi connectivity index (χ2v) is 10.7. The average molecular weight is 588 g/mol. The van der Waals surface area contributed by atoms with Crippen LogP contribution in [-0.4, -0.2) is 50.8 Å². The van der Waals surface area contributed by atoms with E-state index in [4.69, 9.17) is 0 Å². The number of carbonyl (C=O) groups excluding carboxylic acids is 2. The van der Waals surface area contributed by atoms with Gasteiger partial charge >= 0.3 is 6.18 Å². The molecule has 2 aliphatic rings. The lowest BCUT2D eigenvalue weighted by Gasteiger charge is -2.32. The van der Waals surface area contributed by atoms with Crippen molar-refractivity contribution < 1.29 is 22.8 Å². The summed E-state index contributed by atoms with van der Waals surface area (Å²) in [6.45, 7) is 3.53. The largest absolute Gasteiger partial charge is 0.416 e. The molecular weight excluding hydrogens is 559 g/mol. The molecule has 0 radical (unpaired) electrons. The molecule has 1 fully saturated rings. The van der Waals surface area contributed by atoms with Crippen molar-refractivity contribution in [3.8, 4) is 11.3 Å². The van der Waals surface area contributed by atoms with E-state index in [2.05, 4.69) is 30.9 Å². The predicted octanol–water partition coefficient (Wildman–Crippen LogP) is 5.57. The monoisotopic (exact) mass is 587 g/mol. The Labute approximate surface area is 245 Å². The molecule has 1 saturated heterocycles. The number of alkyl halides is 3. The first-order valence-electron chi connectivity index (χ1n) is 13.8. The van der Waals surface area contributed by atoms with Gasteiger partial charge in [0.25, 0.3) is 11.8 Å². The van der Waals surface area contributed by atoms with Crippen molar-refractivity contribution in [2.24, 2.45) is 0 Å². The van der Waals surface area contributed by atoms with Gasteiger partial charge < -0.3 is 20.9 Å². The van der Waals surface area contributed by atoms with Crippen molar-refractivity contribution in [1.29, 1.82) is 0 Å². The average Bonchev–Trinajstić information content (AvgIpc) is 3.37. The van der Waals surface area contributed by atoms with Crippen LogP contribution in [-0.2, 0) is 12.7 Å². The van der Waals surface area contributed by atoms with Crippen LogP contribution in [0.15, 0.2) is 67.0 Å². The van der Waals surface area contributed by atoms with E-state index in [-0.39, 0.29) is 23.7 Å². The predicted molar refractivity (Wildman–Crippen MR) is 155 cm³/mol. The highest BCUT2D eigenvalue weighted by Crippen LogP contribution is 2.31. The molecule has 6 rings (SSSR count). The molecule has 0 spiro atoms. The third-order valence-corrected chi connectivity index (χ3v) is 7.54. The molecule has 9 nitrogen and oxygen atoms in total. The van der Waals surface area contributed by atoms with Gasteiger partial charge in [0.05, 0.1) is 11.3 Å². The summed E-state index contributed by atoms with van der Waals surface area (Å²) in [6.07, 6.45) is -0.140. The Bertz CT molecular complexity index is 1680. The SMILES string of the molecule is Cc1cc(Nc2cc(C(F)(F)F)ccn2)nc(-c2ccc(NC3CCN(C(=O)c4ccc5c(c4)CNC5=O)CC3)nc2)c1. The molecule has 1 aromatic carbocycles. The van der Waals surface area contributed by atoms with Crippen LogP contribution in [0.3, 0.4) is 0 Å². The zero-order valence-corrected chi connectivity index (χ0v) is 23.2. The number of halogens is 3. The molecule has 0 aliphatic carbocycles. The number of amides is 2. The van der Waals surface area contributed by atoms with Crippen LogP contribution in [0.1, 0.15) is 50.2 Å². The highest BCUT2D eigenvalue weighted by atomic mass is 19.4. The Morgan fingerprint density at radius 2 is 1.79 bits per heavy atom. The smallest absolute Gasteiger partial charge is 0.367 e. The number of aromatic nitrogens is 3. The normalized spacial score (nSPS) is 15.2. The number of rotatable bonds is 6. The second-order valence-electron chi connectivity index (χ2n) is 10.7. The fourth-order valence-electron chi connectivity index (χ4n) is 5.30. The van der Waals surface area contributed by atoms with Gasteiger partial charge in [-0.3, -0.25) is 9.59 Å². The van der Waals surface area contributed by atoms with Crippen LogP contribution in [0.25, 0.3) is 11.3 Å². The summed E-state index contributed by atoms with van der Waals surface area (Å²) in [5.74, 6) is 0.974. The number of fused-ring (bicyclic) bond motifs is 1. The Hall–Kier alpha value is -5.00. The highest BCUT2D eigenvalue weighted by molar-refractivity contribution is 6.01. The molecule has 12 heteroatoms. The molecule has 0 unspecified atom stereocenters. The minimum absolute atomic E-state index is 0.0357. The maximum atomic E-state index is 13.1. The van der Waals surface area contributed by atoms with E-state index in [0.29, 0.717) is 48.1 Å². The van der Waals surface area contributed by atoms with Crippen molar-refractivity contribution >= 4 is 29.3 Å². The number of anilines is 3. The number of hydrogen-bond donors (Lipinski definition) is 3. The number of pyridine rings is 3. The molecule has 0 bridgehead atoms. The fourth-order valence-corrected chi connectivity index (χ4v) is 5.30. The van der Waals surface area contributed by atoms with Gasteiger partial charge in [0, 0.05) is 54.8 Å². The standard InChI is InChI=1S/C31H28F3N7O2/c1-18-12-25(39-28(13-18)40-27-15-22(6-9-35-27)31(32,33)34)20-3-5-26(36-16-20)38-23-7-10-41(11-8-23)30(43)19-2-4-24-21(14-19)17-37-29(24)42/h2-6,9,12-16,23H,7-8,10-11,17H2,1H3,(H,36,38)(H,37,42)(H,35,39,40). The first-order valence-corrected chi connectivity index (χ1v) is 13.8. The zero-order valence-electron chi connectivity index (χ0n) is 23.2. The molecule has 43 heavy (non-hydrogen) atoms. The van der Waals surface area contributed by atoms with Gasteiger partial charge in [-0.2, -0.15) is 13.2 Å². The highest BCUT2D eigenvalue weighted by Gasteiger charge is 2.31. The van der Waals surface area contributed by atoms with Gasteiger partial charge in [-0.05, 0) is 85.5 Å². The Morgan fingerprint density at radius 3 is 2.53 bits per heavy atom. The van der Waals surface area contributed by atoms with Crippen molar-refractivity contribution in [3.63, 3.8) is 0 Å². The maximum absolute atomic E-state index is 13.1. The van der Waals surface area contributed by atoms with Crippen LogP contribution in [0.5, 0.6) is 0 Å². The molecule has 0 saturated carbocycles. The van der Waals surface area contributed by atoms with E-state index in [1.807, 2.05) is 30.0 Å². The molecule has 220 valence electrons. The molecular formula is C31H28F3N7O2. The molecule has 0 atom stereocenters. The maximum Gasteiger partial charge on any atom is 0.416 e. The van der Waals surface area contributed by atoms with Crippen LogP contribution >= 0.6 is 0 Å². The molecule has 3 aromatic heterocycles. The van der Waals surface area contributed by atoms with E-state index in [9.17, 15) is 22.8 Å². The van der Waals surface area contributed by atoms with Crippen LogP contribution in [0.4, 0.5) is 30.6 Å². The fraction of sp³-hybridized carbons (Fsp3) is 0.258. The zero-order chi connectivity index (χ0) is 30.1. The summed E-state index contributed by atoms with van der Waals surface area (Å²) in [5.41, 5.74) is 3.51. The van der Waals surface area contributed by atoms with Gasteiger partial charge in [0.15, 0.2) is 0 Å². The molecule has 5 heterocycles. The van der Waals surface area contributed by atoms with E-state index < -0.39 is 11.7 Å². The van der Waals surface area contributed by atoms with Crippen molar-refractivity contribution in [2.75, 3.05) is 23.7 Å². The number of carbonyl (C=O) groups is 2. The number of piperidine rings is 1. The van der Waals surface area contributed by atoms with Crippen LogP contribution in [0.2, 0.25) is 0 Å². The van der Waals surface area contributed by atoms with Gasteiger partial charge in [-0.15, -0.1) is 0 Å². The number of likely N-dealkylation sites (tertiary alicyclic amines) is 1. The minimum Gasteiger partial charge on any atom is -0.367 e. The summed E-state index contributed by atoms with van der Waals surface area (Å²) in [6, 6.07) is 14.6. The van der Waals surface area contributed by atoms with Crippen LogP contribution in [0, 0.1) is 6.92 Å². The van der Waals surface area contributed by atoms with Crippen molar-refractivity contribution in [3.05, 3.63) is 94.8 Å². The third-order valence-electron chi connectivity index (χ3n) is 7.54. The first kappa shape index (κ1) is 28.1. The van der Waals surface area contributed by atoms with Gasteiger partial charge in [0.2, 0.25) is 0 Å². The number of nitrogens with one attached hydrogen (secondary N) is 3. The third kappa shape index (κ3) is 6.27. The van der Waals surface area contributed by atoms with E-state index in [0.717, 1.165) is 47.9 Å². The summed E-state index contributed by atoms with van der Waals surface area (Å²) in [4.78, 5) is 39.8. The Balaban J connectivity index is 1.06. The lowest BCUT2D eigenvalue weighted by Crippen LogP contribution is -2.42. The van der Waals surface area contributed by atoms with Crippen LogP contribution < -0.4 is 16.0 Å². The Morgan fingerprint density at radius 1 is 0.977 bits per heavy atom. The quantitative estimate of drug-likeness (QED) is 0.271. The molecule has 3 N–H and O–H groups in total. The van der Waals surface area contributed by atoms with Gasteiger partial charge in [-0.1, -0.05) is 0 Å². The van der Waals surface area contributed by atoms with Gasteiger partial charge in [-0.25, -0.2) is 15.0 Å². The summed E-state index contributed by atoms with van der Waals surface area (Å²) >= 11 is 0. The summed E-state index contributed by atoms with van der Waals surface area (Å²) in [5, 5.41) is 9.08. The van der Waals surface area contributed by atoms with E-state index in [1.54, 1.807) is 30.5 Å². The lowest BCUT2D eigenvalue weighted by molar-refractivity contribution is -0.137. The topological polar surface area (TPSA) is 112 Å². The van der Waals surface area contributed by atoms with E-state index >= 15 is 0 Å². The number of aryl methyl sites for hydroxylation is 1. The first-order chi connectivity index (χ1) is 20.6. The van der Waals surface area contributed by atoms with Crippen molar-refractivity contribution in [1.82, 2.24) is 25.2 Å². The minimum atomic E-state index is -4.47. The molecule has 2 aliphatic heterocycles. The van der Waals surface area contributed by atoms with E-state index in [1.165, 1.54) is 0 Å². The molecule has 4 aromatic rings. The second kappa shape index (κ2) is 11.3. The number of nitrogens with zero attached hydrogens (tertiary/aromatic N) is 4. The summed E-state index contributed by atoms with van der Waals surface area (Å²) < 4.78 is 39.3. The van der Waals surface area contributed by atoms with Gasteiger partial charge in [0.1, 0.15) is 17.5 Å². The number of hydrogen-bond acceptors (Lipinski definition) is 7.